The van der Waals surface area contributed by atoms with Gasteiger partial charge >= 0.3 is 0 Å². The third-order valence-corrected chi connectivity index (χ3v) is 10.3. The fourth-order valence-electron chi connectivity index (χ4n) is 4.44. The highest BCUT2D eigenvalue weighted by Gasteiger charge is 2.51. The minimum atomic E-state index is -3.00. The average Bonchev–Trinajstić information content (AvgIpc) is 2.92. The van der Waals surface area contributed by atoms with Crippen LogP contribution in [0.5, 0.6) is 0 Å². The van der Waals surface area contributed by atoms with E-state index < -0.39 is 20.5 Å². The summed E-state index contributed by atoms with van der Waals surface area (Å²) in [5.74, 6) is 0.228. The molecule has 1 aliphatic rings. The largest absolute Gasteiger partial charge is 0.424 e. The van der Waals surface area contributed by atoms with E-state index >= 15 is 0 Å². The van der Waals surface area contributed by atoms with Gasteiger partial charge in [0.2, 0.25) is 0 Å². The van der Waals surface area contributed by atoms with Gasteiger partial charge in [-0.05, 0) is 40.6 Å². The molecule has 3 atom stereocenters. The Morgan fingerprint density at radius 2 is 1.24 bits per heavy atom. The maximum Gasteiger partial charge on any atom is 0.258 e. The summed E-state index contributed by atoms with van der Waals surface area (Å²) >= 11 is 0. The van der Waals surface area contributed by atoms with E-state index in [4.69, 9.17) is 0 Å². The third-order valence-electron chi connectivity index (χ3n) is 5.76. The quantitative estimate of drug-likeness (QED) is 0.719. The van der Waals surface area contributed by atoms with Crippen molar-refractivity contribution in [3.63, 3.8) is 0 Å². The first-order valence-electron chi connectivity index (χ1n) is 9.04. The molecule has 0 radical (unpaired) electrons. The molecule has 1 unspecified atom stereocenters. The second-order valence-corrected chi connectivity index (χ2v) is 11.9. The van der Waals surface area contributed by atoms with Crippen LogP contribution in [0.3, 0.4) is 0 Å². The Kier molecular flexibility index (Phi) is 5.16. The molecule has 0 saturated heterocycles. The molecule has 0 bridgehead atoms. The maximum absolute atomic E-state index is 12.1. The highest BCUT2D eigenvalue weighted by Crippen LogP contribution is 2.45. The van der Waals surface area contributed by atoms with E-state index in [1.807, 2.05) is 60.7 Å². The molecule has 25 heavy (non-hydrogen) atoms. The Morgan fingerprint density at radius 1 is 0.840 bits per heavy atom. The molecule has 134 valence electrons. The van der Waals surface area contributed by atoms with Gasteiger partial charge in [0.15, 0.2) is 0 Å². The van der Waals surface area contributed by atoms with E-state index in [0.29, 0.717) is 12.8 Å². The minimum absolute atomic E-state index is 0.228. The van der Waals surface area contributed by atoms with Crippen molar-refractivity contribution >= 4 is 18.7 Å². The van der Waals surface area contributed by atoms with E-state index in [0.717, 1.165) is 16.8 Å². The van der Waals surface area contributed by atoms with Crippen molar-refractivity contribution in [2.24, 2.45) is 5.92 Å². The first-order valence-corrected chi connectivity index (χ1v) is 11.0. The topological polar surface area (TPSA) is 60.7 Å². The van der Waals surface area contributed by atoms with Crippen molar-refractivity contribution in [1.29, 1.82) is 0 Å². The van der Waals surface area contributed by atoms with Gasteiger partial charge in [-0.3, -0.25) is 0 Å². The van der Waals surface area contributed by atoms with Gasteiger partial charge < -0.3 is 15.0 Å². The predicted octanol–water partition coefficient (Wildman–Crippen LogP) is 2.04. The number of hydrogen-bond acceptors (Lipinski definition) is 3. The first-order chi connectivity index (χ1) is 11.8. The molecule has 1 saturated carbocycles. The zero-order valence-corrected chi connectivity index (χ0v) is 16.0. The number of benzene rings is 2. The molecular formula is C21H28O3Si. The summed E-state index contributed by atoms with van der Waals surface area (Å²) < 4.78 is 0. The summed E-state index contributed by atoms with van der Waals surface area (Å²) in [6, 6.07) is 20.0. The van der Waals surface area contributed by atoms with Crippen LogP contribution in [-0.2, 0) is 0 Å². The summed E-state index contributed by atoms with van der Waals surface area (Å²) in [4.78, 5) is 12.1. The molecule has 1 fully saturated rings. The molecule has 0 aliphatic heterocycles. The normalized spacial score (nSPS) is 24.4. The molecular weight excluding hydrogens is 328 g/mol. The number of rotatable bonds is 5. The van der Waals surface area contributed by atoms with Crippen LogP contribution in [0.4, 0.5) is 0 Å². The van der Waals surface area contributed by atoms with Gasteiger partial charge in [-0.25, -0.2) is 0 Å². The fourth-order valence-corrected chi connectivity index (χ4v) is 8.27. The summed E-state index contributed by atoms with van der Waals surface area (Å²) in [6.45, 7) is 4.27. The molecule has 1 aliphatic carbocycles. The Labute approximate surface area is 151 Å². The molecule has 0 aromatic heterocycles. The van der Waals surface area contributed by atoms with E-state index in [2.05, 4.69) is 13.8 Å². The highest BCUT2D eigenvalue weighted by molar-refractivity contribution is 6.98. The molecule has 0 heterocycles. The van der Waals surface area contributed by atoms with E-state index in [1.165, 1.54) is 0 Å². The fraction of sp³-hybridized carbons (Fsp3) is 0.429. The SMILES string of the molecule is CC(C)(CC1C[C@@H](O)[C@@H](O)C1)[Si](O)(c1ccccc1)c1ccccc1. The van der Waals surface area contributed by atoms with Crippen LogP contribution < -0.4 is 10.4 Å². The molecule has 3 nitrogen and oxygen atoms in total. The smallest absolute Gasteiger partial charge is 0.258 e. The molecule has 2 aromatic carbocycles. The summed E-state index contributed by atoms with van der Waals surface area (Å²) in [7, 11) is -3.00. The molecule has 0 spiro atoms. The van der Waals surface area contributed by atoms with Crippen molar-refractivity contribution in [2.75, 3.05) is 0 Å². The summed E-state index contributed by atoms with van der Waals surface area (Å²) in [5.41, 5.74) is 0. The number of aliphatic hydroxyl groups is 2. The zero-order chi connectivity index (χ0) is 18.1. The Hall–Kier alpha value is -1.46. The van der Waals surface area contributed by atoms with Gasteiger partial charge in [0.25, 0.3) is 8.32 Å². The zero-order valence-electron chi connectivity index (χ0n) is 15.0. The Morgan fingerprint density at radius 3 is 1.64 bits per heavy atom. The van der Waals surface area contributed by atoms with Crippen molar-refractivity contribution in [2.45, 2.75) is 50.4 Å². The Bertz CT molecular complexity index is 637. The lowest BCUT2D eigenvalue weighted by atomic mass is 9.95. The monoisotopic (exact) mass is 356 g/mol. The first kappa shape index (κ1) is 18.3. The van der Waals surface area contributed by atoms with Gasteiger partial charge in [-0.15, -0.1) is 0 Å². The van der Waals surface area contributed by atoms with Crippen LogP contribution in [0.15, 0.2) is 60.7 Å². The van der Waals surface area contributed by atoms with E-state index in [9.17, 15) is 15.0 Å². The third kappa shape index (κ3) is 3.44. The van der Waals surface area contributed by atoms with Crippen LogP contribution in [-0.4, -0.2) is 35.5 Å². The summed E-state index contributed by atoms with van der Waals surface area (Å²) in [5, 5.41) is 21.5. The molecule has 0 amide bonds. The number of hydrogen-bond donors (Lipinski definition) is 3. The van der Waals surface area contributed by atoms with E-state index in [-0.39, 0.29) is 11.0 Å². The lowest BCUT2D eigenvalue weighted by Crippen LogP contribution is -2.65. The molecule has 3 N–H and O–H groups in total. The van der Waals surface area contributed by atoms with Crippen molar-refractivity contribution < 1.29 is 15.0 Å². The van der Waals surface area contributed by atoms with Gasteiger partial charge in [-0.2, -0.15) is 0 Å². The van der Waals surface area contributed by atoms with Crippen molar-refractivity contribution in [3.8, 4) is 0 Å². The second kappa shape index (κ2) is 7.04. The Balaban J connectivity index is 1.99. The maximum atomic E-state index is 12.1. The predicted molar refractivity (Wildman–Crippen MR) is 104 cm³/mol. The van der Waals surface area contributed by atoms with Crippen LogP contribution in [0.1, 0.15) is 33.1 Å². The van der Waals surface area contributed by atoms with Crippen LogP contribution >= 0.6 is 0 Å². The van der Waals surface area contributed by atoms with Crippen LogP contribution in [0.2, 0.25) is 5.04 Å². The van der Waals surface area contributed by atoms with Crippen molar-refractivity contribution in [1.82, 2.24) is 0 Å². The van der Waals surface area contributed by atoms with Crippen LogP contribution in [0, 0.1) is 5.92 Å². The standard InChI is InChI=1S/C21H28O3Si/c1-21(2,15-16-13-19(22)20(23)14-16)25(24,17-9-5-3-6-10-17)18-11-7-4-8-12-18/h3-12,16,19-20,22-24H,13-15H2,1-2H3/t16?,19-,20+. The molecule has 2 aromatic rings. The highest BCUT2D eigenvalue weighted by atomic mass is 28.4. The molecule has 3 rings (SSSR count). The van der Waals surface area contributed by atoms with Gasteiger partial charge in [0, 0.05) is 0 Å². The minimum Gasteiger partial charge on any atom is -0.424 e. The van der Waals surface area contributed by atoms with Crippen molar-refractivity contribution in [3.05, 3.63) is 60.7 Å². The average molecular weight is 357 g/mol. The summed E-state index contributed by atoms with van der Waals surface area (Å²) in [6.07, 6.45) is 0.735. The van der Waals surface area contributed by atoms with Crippen LogP contribution in [0.25, 0.3) is 0 Å². The van der Waals surface area contributed by atoms with E-state index in [1.54, 1.807) is 0 Å². The van der Waals surface area contributed by atoms with Gasteiger partial charge in [-0.1, -0.05) is 74.5 Å². The van der Waals surface area contributed by atoms with Gasteiger partial charge in [0.1, 0.15) is 0 Å². The molecule has 4 heteroatoms. The lowest BCUT2D eigenvalue weighted by Gasteiger charge is -2.42. The van der Waals surface area contributed by atoms with Gasteiger partial charge in [0.05, 0.1) is 12.2 Å². The lowest BCUT2D eigenvalue weighted by molar-refractivity contribution is 0.0438. The number of aliphatic hydroxyl groups excluding tert-OH is 2. The second-order valence-electron chi connectivity index (χ2n) is 8.00.